The fourth-order valence-corrected chi connectivity index (χ4v) is 4.76. The molecule has 3 rings (SSSR count). The van der Waals surface area contributed by atoms with Gasteiger partial charge >= 0.3 is 0 Å². The van der Waals surface area contributed by atoms with Crippen molar-refractivity contribution in [3.8, 4) is 11.5 Å². The number of aliphatic hydroxyl groups excluding tert-OH is 2. The summed E-state index contributed by atoms with van der Waals surface area (Å²) in [5.74, 6) is -0.824. The summed E-state index contributed by atoms with van der Waals surface area (Å²) in [6, 6.07) is 2.28. The minimum atomic E-state index is -1.18. The van der Waals surface area contributed by atoms with Crippen LogP contribution in [0.3, 0.4) is 0 Å². The summed E-state index contributed by atoms with van der Waals surface area (Å²) in [5.41, 5.74) is 1.15. The molecule has 3 N–H and O–H groups in total. The molecule has 4 atom stereocenters. The highest BCUT2D eigenvalue weighted by Crippen LogP contribution is 2.51. The van der Waals surface area contributed by atoms with E-state index in [-0.39, 0.29) is 24.6 Å². The number of carbonyl (C=O) groups excluding carboxylic acids is 3. The molecule has 0 spiro atoms. The molecule has 0 bridgehead atoms. The third-order valence-corrected chi connectivity index (χ3v) is 6.44. The number of nitrogens with zero attached hydrogens (tertiary/aromatic N) is 1. The number of hydrogen-bond donors (Lipinski definition) is 3. The first-order valence-electron chi connectivity index (χ1n) is 12.6. The Labute approximate surface area is 216 Å². The molecule has 1 aliphatic carbocycles. The second-order valence-electron chi connectivity index (χ2n) is 8.79. The second-order valence-corrected chi connectivity index (χ2v) is 8.79. The van der Waals surface area contributed by atoms with Gasteiger partial charge in [0.05, 0.1) is 25.7 Å². The summed E-state index contributed by atoms with van der Waals surface area (Å²) < 4.78 is 17.0. The van der Waals surface area contributed by atoms with Crippen LogP contribution in [0.2, 0.25) is 0 Å². The Balaban J connectivity index is 2.08. The van der Waals surface area contributed by atoms with E-state index in [9.17, 15) is 24.6 Å². The number of methoxy groups -OCH3 is 1. The van der Waals surface area contributed by atoms with Crippen LogP contribution in [-0.2, 0) is 14.3 Å². The first kappa shape index (κ1) is 28.4. The minimum Gasteiger partial charge on any atom is -0.493 e. The maximum Gasteiger partial charge on any atom is 0.247 e. The third kappa shape index (κ3) is 6.20. The van der Waals surface area contributed by atoms with Crippen LogP contribution in [0, 0.1) is 0 Å². The van der Waals surface area contributed by atoms with Gasteiger partial charge in [-0.05, 0) is 44.1 Å². The van der Waals surface area contributed by atoms with Gasteiger partial charge in [0.1, 0.15) is 18.5 Å². The number of carbonyl (C=O) groups is 3. The lowest BCUT2D eigenvalue weighted by Gasteiger charge is -2.40. The maximum absolute atomic E-state index is 13.3. The van der Waals surface area contributed by atoms with Crippen molar-refractivity contribution < 1.29 is 38.8 Å². The molecule has 2 amide bonds. The van der Waals surface area contributed by atoms with E-state index in [1.807, 2.05) is 13.8 Å². The monoisotopic (exact) mass is 516 g/mol. The van der Waals surface area contributed by atoms with Crippen LogP contribution in [0.15, 0.2) is 35.9 Å². The van der Waals surface area contributed by atoms with Crippen molar-refractivity contribution in [2.75, 3.05) is 40.0 Å². The largest absolute Gasteiger partial charge is 0.493 e. The van der Waals surface area contributed by atoms with E-state index in [1.165, 1.54) is 24.2 Å². The molecule has 1 aromatic carbocycles. The lowest BCUT2D eigenvalue weighted by Crippen LogP contribution is -2.55. The molecule has 10 nitrogen and oxygen atoms in total. The Morgan fingerprint density at radius 2 is 2.05 bits per heavy atom. The van der Waals surface area contributed by atoms with Gasteiger partial charge in [-0.3, -0.25) is 14.4 Å². The quantitative estimate of drug-likeness (QED) is 0.203. The normalized spacial score (nSPS) is 22.0. The number of allylic oxidation sites excluding steroid dienone is 1. The molecule has 202 valence electrons. The Hall–Kier alpha value is -3.21. The molecule has 2 aliphatic rings. The van der Waals surface area contributed by atoms with Gasteiger partial charge in [-0.15, -0.1) is 0 Å². The van der Waals surface area contributed by atoms with E-state index in [2.05, 4.69) is 5.32 Å². The molecular formula is C27H36N2O8. The number of hydrogen-bond acceptors (Lipinski definition) is 8. The summed E-state index contributed by atoms with van der Waals surface area (Å²) in [6.45, 7) is 4.86. The molecule has 10 heteroatoms. The number of rotatable bonds is 13. The van der Waals surface area contributed by atoms with E-state index in [0.29, 0.717) is 61.5 Å². The molecule has 1 aromatic rings. The topological polar surface area (TPSA) is 135 Å². The fraction of sp³-hybridized carbons (Fsp3) is 0.519. The number of aldehydes is 1. The Bertz CT molecular complexity index is 1040. The SMILES string of the molecule is CCC=CC(=O)N(CCCOCC)C1C=C(C(=O)NCCO)C2c3cc(C=O)cc(OC)c3OC2C1O. The smallest absolute Gasteiger partial charge is 0.247 e. The van der Waals surface area contributed by atoms with E-state index < -0.39 is 30.1 Å². The Kier molecular flexibility index (Phi) is 10.2. The van der Waals surface area contributed by atoms with Crippen LogP contribution in [0.5, 0.6) is 11.5 Å². The first-order valence-corrected chi connectivity index (χ1v) is 12.6. The highest BCUT2D eigenvalue weighted by molar-refractivity contribution is 5.97. The second kappa shape index (κ2) is 13.4. The van der Waals surface area contributed by atoms with E-state index in [1.54, 1.807) is 18.2 Å². The van der Waals surface area contributed by atoms with Gasteiger partial charge in [0, 0.05) is 43.0 Å². The van der Waals surface area contributed by atoms with E-state index in [0.717, 1.165) is 0 Å². The number of ether oxygens (including phenoxy) is 3. The molecule has 0 saturated carbocycles. The highest BCUT2D eigenvalue weighted by Gasteiger charge is 2.51. The molecular weight excluding hydrogens is 480 g/mol. The standard InChI is InChI=1S/C27H36N2O8/c1-4-6-8-22(32)29(10-7-12-36-5-2)20-15-19(27(34)28-9-11-30)23-18-13-17(16-31)14-21(35-3)25(18)37-26(23)24(20)33/h6,8,13-16,20,23-24,26,30,33H,4-5,7,9-12H2,1-3H3,(H,28,34). The number of benzene rings is 1. The van der Waals surface area contributed by atoms with Crippen LogP contribution < -0.4 is 14.8 Å². The van der Waals surface area contributed by atoms with Crippen LogP contribution in [0.4, 0.5) is 0 Å². The molecule has 37 heavy (non-hydrogen) atoms. The zero-order valence-electron chi connectivity index (χ0n) is 21.5. The average Bonchev–Trinajstić information content (AvgIpc) is 3.30. The van der Waals surface area contributed by atoms with Crippen molar-refractivity contribution >= 4 is 18.1 Å². The summed E-state index contributed by atoms with van der Waals surface area (Å²) in [6.07, 6.45) is 4.58. The predicted octanol–water partition coefficient (Wildman–Crippen LogP) is 1.35. The van der Waals surface area contributed by atoms with Gasteiger partial charge in [0.25, 0.3) is 0 Å². The lowest BCUT2D eigenvalue weighted by molar-refractivity contribution is -0.132. The average molecular weight is 517 g/mol. The zero-order valence-corrected chi connectivity index (χ0v) is 21.5. The maximum atomic E-state index is 13.3. The van der Waals surface area contributed by atoms with Crippen molar-refractivity contribution in [3.63, 3.8) is 0 Å². The van der Waals surface area contributed by atoms with Gasteiger partial charge in [0.15, 0.2) is 11.5 Å². The minimum absolute atomic E-state index is 0.0302. The lowest BCUT2D eigenvalue weighted by atomic mass is 9.77. The van der Waals surface area contributed by atoms with Gasteiger partial charge < -0.3 is 34.6 Å². The van der Waals surface area contributed by atoms with Crippen LogP contribution in [-0.4, -0.2) is 91.5 Å². The third-order valence-electron chi connectivity index (χ3n) is 6.44. The number of aliphatic hydroxyl groups is 2. The van der Waals surface area contributed by atoms with Crippen LogP contribution in [0.25, 0.3) is 0 Å². The molecule has 0 fully saturated rings. The van der Waals surface area contributed by atoms with E-state index in [4.69, 9.17) is 14.2 Å². The molecule has 4 unspecified atom stereocenters. The van der Waals surface area contributed by atoms with Gasteiger partial charge in [-0.25, -0.2) is 0 Å². The molecule has 0 aromatic heterocycles. The molecule has 0 radical (unpaired) electrons. The Morgan fingerprint density at radius 3 is 2.70 bits per heavy atom. The van der Waals surface area contributed by atoms with Crippen LogP contribution in [0.1, 0.15) is 48.5 Å². The summed E-state index contributed by atoms with van der Waals surface area (Å²) in [5, 5.41) is 23.4. The van der Waals surface area contributed by atoms with Crippen LogP contribution >= 0.6 is 0 Å². The van der Waals surface area contributed by atoms with Crippen molar-refractivity contribution in [2.45, 2.75) is 50.9 Å². The molecule has 1 aliphatic heterocycles. The summed E-state index contributed by atoms with van der Waals surface area (Å²) in [7, 11) is 1.44. The molecule has 1 heterocycles. The summed E-state index contributed by atoms with van der Waals surface area (Å²) in [4.78, 5) is 39.5. The zero-order chi connectivity index (χ0) is 26.9. The van der Waals surface area contributed by atoms with Crippen molar-refractivity contribution in [3.05, 3.63) is 47.1 Å². The Morgan fingerprint density at radius 1 is 1.27 bits per heavy atom. The van der Waals surface area contributed by atoms with Crippen molar-refractivity contribution in [2.24, 2.45) is 0 Å². The number of nitrogens with one attached hydrogen (secondary N) is 1. The number of amides is 2. The fourth-order valence-electron chi connectivity index (χ4n) is 4.76. The van der Waals surface area contributed by atoms with E-state index >= 15 is 0 Å². The predicted molar refractivity (Wildman–Crippen MR) is 136 cm³/mol. The van der Waals surface area contributed by atoms with Crippen molar-refractivity contribution in [1.82, 2.24) is 10.2 Å². The van der Waals surface area contributed by atoms with Gasteiger partial charge in [-0.1, -0.05) is 13.0 Å². The highest BCUT2D eigenvalue weighted by atomic mass is 16.5. The first-order chi connectivity index (χ1) is 17.9. The van der Waals surface area contributed by atoms with Gasteiger partial charge in [-0.2, -0.15) is 0 Å². The van der Waals surface area contributed by atoms with Crippen molar-refractivity contribution in [1.29, 1.82) is 0 Å². The molecule has 0 saturated heterocycles. The summed E-state index contributed by atoms with van der Waals surface area (Å²) >= 11 is 0. The van der Waals surface area contributed by atoms with Gasteiger partial charge in [0.2, 0.25) is 11.8 Å². The number of fused-ring (bicyclic) bond motifs is 3.